The molecular weight excluding hydrogens is 323 g/mol. The first-order chi connectivity index (χ1) is 10.8. The summed E-state index contributed by atoms with van der Waals surface area (Å²) in [6.45, 7) is 2.47. The number of hydrogen-bond acceptors (Lipinski definition) is 4. The van der Waals surface area contributed by atoms with Crippen LogP contribution in [-0.4, -0.2) is 49.6 Å². The van der Waals surface area contributed by atoms with Crippen LogP contribution in [0.4, 0.5) is 4.39 Å². The second-order valence-electron chi connectivity index (χ2n) is 5.78. The maximum atomic E-state index is 12.8. The summed E-state index contributed by atoms with van der Waals surface area (Å²) in [6.07, 6.45) is 1.20. The van der Waals surface area contributed by atoms with Gasteiger partial charge in [0.1, 0.15) is 5.82 Å². The van der Waals surface area contributed by atoms with Crippen molar-refractivity contribution in [3.63, 3.8) is 0 Å². The largest absolute Gasteiger partial charge is 0.480 e. The van der Waals surface area contributed by atoms with Crippen molar-refractivity contribution >= 4 is 16.0 Å². The maximum absolute atomic E-state index is 12.8. The molecule has 0 spiro atoms. The topological polar surface area (TPSA) is 86.7 Å². The molecule has 0 atom stereocenters. The number of halogens is 1. The van der Waals surface area contributed by atoms with Gasteiger partial charge in [-0.25, -0.2) is 17.5 Å². The average molecular weight is 344 g/mol. The average Bonchev–Trinajstić information content (AvgIpc) is 2.42. The molecule has 0 heterocycles. The van der Waals surface area contributed by atoms with Crippen LogP contribution in [0, 0.1) is 5.82 Å². The van der Waals surface area contributed by atoms with Gasteiger partial charge in [-0.05, 0) is 37.1 Å². The second kappa shape index (κ2) is 7.37. The van der Waals surface area contributed by atoms with E-state index in [1.807, 2.05) is 11.8 Å². The lowest BCUT2D eigenvalue weighted by molar-refractivity contribution is -0.139. The van der Waals surface area contributed by atoms with Gasteiger partial charge in [0.2, 0.25) is 10.0 Å². The van der Waals surface area contributed by atoms with Gasteiger partial charge < -0.3 is 5.11 Å². The Balaban J connectivity index is 1.84. The monoisotopic (exact) mass is 344 g/mol. The van der Waals surface area contributed by atoms with E-state index < -0.39 is 21.8 Å². The van der Waals surface area contributed by atoms with Crippen molar-refractivity contribution < 1.29 is 22.7 Å². The Morgan fingerprint density at radius 2 is 1.96 bits per heavy atom. The first-order valence-electron chi connectivity index (χ1n) is 7.49. The van der Waals surface area contributed by atoms with Gasteiger partial charge in [-0.1, -0.05) is 19.1 Å². The number of aliphatic carboxylic acids is 1. The summed E-state index contributed by atoms with van der Waals surface area (Å²) in [6, 6.07) is 5.28. The summed E-state index contributed by atoms with van der Waals surface area (Å²) < 4.78 is 39.6. The van der Waals surface area contributed by atoms with E-state index in [9.17, 15) is 17.6 Å². The van der Waals surface area contributed by atoms with Gasteiger partial charge in [-0.3, -0.25) is 9.69 Å². The highest BCUT2D eigenvalue weighted by molar-refractivity contribution is 7.88. The summed E-state index contributed by atoms with van der Waals surface area (Å²) in [7, 11) is -3.49. The summed E-state index contributed by atoms with van der Waals surface area (Å²) in [5, 5.41) is 8.84. The molecule has 1 fully saturated rings. The summed E-state index contributed by atoms with van der Waals surface area (Å²) in [5.41, 5.74) is 0.524. The quantitative estimate of drug-likeness (QED) is 0.740. The molecule has 1 aliphatic carbocycles. The van der Waals surface area contributed by atoms with Crippen molar-refractivity contribution in [2.45, 2.75) is 37.6 Å². The van der Waals surface area contributed by atoms with Crippen LogP contribution in [0.2, 0.25) is 0 Å². The van der Waals surface area contributed by atoms with Gasteiger partial charge >= 0.3 is 5.97 Å². The molecule has 0 saturated heterocycles. The molecule has 6 nitrogen and oxygen atoms in total. The Bertz CT molecular complexity index is 642. The van der Waals surface area contributed by atoms with Crippen LogP contribution >= 0.6 is 0 Å². The zero-order valence-electron chi connectivity index (χ0n) is 12.9. The lowest BCUT2D eigenvalue weighted by Crippen LogP contribution is -2.54. The number of nitrogens with one attached hydrogen (secondary N) is 1. The fourth-order valence-electron chi connectivity index (χ4n) is 2.75. The summed E-state index contributed by atoms with van der Waals surface area (Å²) in [4.78, 5) is 12.6. The first kappa shape index (κ1) is 17.8. The number of nitrogens with zero attached hydrogens (tertiary/aromatic N) is 1. The van der Waals surface area contributed by atoms with E-state index in [-0.39, 0.29) is 24.4 Å². The van der Waals surface area contributed by atoms with Crippen LogP contribution < -0.4 is 4.72 Å². The molecule has 0 radical (unpaired) electrons. The zero-order chi connectivity index (χ0) is 17.0. The molecular formula is C15H21FN2O4S. The number of sulfonamides is 1. The number of carboxylic acids is 1. The molecule has 128 valence electrons. The van der Waals surface area contributed by atoms with Gasteiger partial charge in [0.05, 0.1) is 12.3 Å². The van der Waals surface area contributed by atoms with Gasteiger partial charge in [0.25, 0.3) is 0 Å². The third-order valence-corrected chi connectivity index (χ3v) is 5.40. The fraction of sp³-hybridized carbons (Fsp3) is 0.533. The zero-order valence-corrected chi connectivity index (χ0v) is 13.7. The van der Waals surface area contributed by atoms with E-state index >= 15 is 0 Å². The molecule has 1 aliphatic rings. The Hall–Kier alpha value is -1.51. The molecule has 2 N–H and O–H groups in total. The highest BCUT2D eigenvalue weighted by Gasteiger charge is 2.35. The van der Waals surface area contributed by atoms with Crippen LogP contribution in [0.15, 0.2) is 24.3 Å². The van der Waals surface area contributed by atoms with E-state index in [1.165, 1.54) is 24.3 Å². The molecule has 0 amide bonds. The molecule has 0 bridgehead atoms. The minimum Gasteiger partial charge on any atom is -0.480 e. The van der Waals surface area contributed by atoms with E-state index in [0.29, 0.717) is 24.9 Å². The number of hydrogen-bond donors (Lipinski definition) is 2. The Morgan fingerprint density at radius 1 is 1.35 bits per heavy atom. The van der Waals surface area contributed by atoms with Crippen LogP contribution in [0.25, 0.3) is 0 Å². The molecule has 2 rings (SSSR count). The van der Waals surface area contributed by atoms with Crippen molar-refractivity contribution in [3.05, 3.63) is 35.6 Å². The van der Waals surface area contributed by atoms with E-state index in [4.69, 9.17) is 5.11 Å². The molecule has 8 heteroatoms. The standard InChI is InChI=1S/C15H21FN2O4S/c1-2-18(9-15(19)20)14-7-13(8-14)17-23(21,22)10-11-3-5-12(16)6-4-11/h3-6,13-14,17H,2,7-10H2,1H3,(H,19,20). The number of benzene rings is 1. The summed E-state index contributed by atoms with van der Waals surface area (Å²) >= 11 is 0. The molecule has 1 saturated carbocycles. The number of rotatable bonds is 8. The van der Waals surface area contributed by atoms with E-state index in [0.717, 1.165) is 0 Å². The lowest BCUT2D eigenvalue weighted by Gasteiger charge is -2.42. The van der Waals surface area contributed by atoms with Gasteiger partial charge in [-0.15, -0.1) is 0 Å². The lowest BCUT2D eigenvalue weighted by atomic mass is 9.86. The first-order valence-corrected chi connectivity index (χ1v) is 9.14. The SMILES string of the molecule is CCN(CC(=O)O)C1CC(NS(=O)(=O)Cc2ccc(F)cc2)C1. The van der Waals surface area contributed by atoms with Crippen LogP contribution in [-0.2, 0) is 20.6 Å². The smallest absolute Gasteiger partial charge is 0.317 e. The third-order valence-electron chi connectivity index (χ3n) is 3.99. The predicted octanol–water partition coefficient (Wildman–Crippen LogP) is 1.18. The van der Waals surface area contributed by atoms with Crippen LogP contribution in [0.5, 0.6) is 0 Å². The second-order valence-corrected chi connectivity index (χ2v) is 7.54. The van der Waals surface area contributed by atoms with Crippen LogP contribution in [0.1, 0.15) is 25.3 Å². The van der Waals surface area contributed by atoms with Crippen molar-refractivity contribution in [2.75, 3.05) is 13.1 Å². The van der Waals surface area contributed by atoms with Crippen molar-refractivity contribution in [1.29, 1.82) is 0 Å². The normalized spacial score (nSPS) is 21.2. The Kier molecular flexibility index (Phi) is 5.72. The molecule has 23 heavy (non-hydrogen) atoms. The Morgan fingerprint density at radius 3 is 2.48 bits per heavy atom. The third kappa shape index (κ3) is 5.26. The van der Waals surface area contributed by atoms with Crippen molar-refractivity contribution in [1.82, 2.24) is 9.62 Å². The molecule has 1 aromatic rings. The van der Waals surface area contributed by atoms with Crippen molar-refractivity contribution in [2.24, 2.45) is 0 Å². The predicted molar refractivity (Wildman–Crippen MR) is 83.9 cm³/mol. The number of likely N-dealkylation sites (N-methyl/N-ethyl adjacent to an activating group) is 1. The fourth-order valence-corrected chi connectivity index (χ4v) is 4.17. The minimum atomic E-state index is -3.49. The maximum Gasteiger partial charge on any atom is 0.317 e. The highest BCUT2D eigenvalue weighted by atomic mass is 32.2. The van der Waals surface area contributed by atoms with Crippen molar-refractivity contribution in [3.8, 4) is 0 Å². The molecule has 0 unspecified atom stereocenters. The number of carbonyl (C=O) groups is 1. The van der Waals surface area contributed by atoms with E-state index in [2.05, 4.69) is 4.72 Å². The molecule has 1 aromatic carbocycles. The van der Waals surface area contributed by atoms with E-state index in [1.54, 1.807) is 0 Å². The minimum absolute atomic E-state index is 0.0315. The van der Waals surface area contributed by atoms with Gasteiger partial charge in [0.15, 0.2) is 0 Å². The molecule has 0 aliphatic heterocycles. The molecule has 0 aromatic heterocycles. The van der Waals surface area contributed by atoms with Gasteiger partial charge in [-0.2, -0.15) is 0 Å². The summed E-state index contributed by atoms with van der Waals surface area (Å²) in [5.74, 6) is -1.48. The Labute approximate surface area is 135 Å². The van der Waals surface area contributed by atoms with Crippen LogP contribution in [0.3, 0.4) is 0 Å². The number of carboxylic acid groups (broad SMARTS) is 1. The van der Waals surface area contributed by atoms with Gasteiger partial charge in [0, 0.05) is 12.1 Å². The highest BCUT2D eigenvalue weighted by Crippen LogP contribution is 2.26.